The molecule has 0 atom stereocenters. The molecule has 2 heterocycles. The summed E-state index contributed by atoms with van der Waals surface area (Å²) < 4.78 is 5.38. The first-order chi connectivity index (χ1) is 8.86. The summed E-state index contributed by atoms with van der Waals surface area (Å²) in [5, 5.41) is 4.54. The summed E-state index contributed by atoms with van der Waals surface area (Å²) in [5.41, 5.74) is 1.37. The van der Waals surface area contributed by atoms with Crippen LogP contribution >= 0.6 is 11.3 Å². The van der Waals surface area contributed by atoms with Crippen LogP contribution in [-0.2, 0) is 17.8 Å². The number of aromatic nitrogens is 1. The van der Waals surface area contributed by atoms with Crippen LogP contribution in [0.15, 0.2) is 0 Å². The average molecular weight is 267 g/mol. The molecule has 1 N–H and O–H groups in total. The van der Waals surface area contributed by atoms with Gasteiger partial charge in [0.2, 0.25) is 0 Å². The maximum absolute atomic E-state index is 5.38. The predicted molar refractivity (Wildman–Crippen MR) is 72.9 cm³/mol. The molecule has 0 radical (unpaired) electrons. The number of hydrogen-bond donors (Lipinski definition) is 1. The molecule has 4 nitrogen and oxygen atoms in total. The normalized spacial score (nSPS) is 21.4. The zero-order valence-corrected chi connectivity index (χ0v) is 11.8. The van der Waals surface area contributed by atoms with Gasteiger partial charge in [-0.15, -0.1) is 11.3 Å². The van der Waals surface area contributed by atoms with Gasteiger partial charge in [0.15, 0.2) is 0 Å². The van der Waals surface area contributed by atoms with Gasteiger partial charge in [0.05, 0.1) is 25.5 Å². The van der Waals surface area contributed by atoms with E-state index in [1.54, 1.807) is 0 Å². The smallest absolute Gasteiger partial charge is 0.107 e. The first-order valence-electron chi connectivity index (χ1n) is 6.80. The topological polar surface area (TPSA) is 37.4 Å². The van der Waals surface area contributed by atoms with Crippen LogP contribution in [0.25, 0.3) is 0 Å². The molecule has 1 saturated carbocycles. The van der Waals surface area contributed by atoms with Crippen molar-refractivity contribution in [2.45, 2.75) is 31.8 Å². The second-order valence-electron chi connectivity index (χ2n) is 5.11. The van der Waals surface area contributed by atoms with Crippen molar-refractivity contribution in [1.29, 1.82) is 0 Å². The lowest BCUT2D eigenvalue weighted by Gasteiger charge is -2.25. The van der Waals surface area contributed by atoms with Crippen LogP contribution < -0.4 is 5.32 Å². The zero-order valence-electron chi connectivity index (χ0n) is 10.9. The lowest BCUT2D eigenvalue weighted by atomic mass is 10.2. The molecule has 3 rings (SSSR count). The summed E-state index contributed by atoms with van der Waals surface area (Å²) in [5.74, 6) is 0.753. The van der Waals surface area contributed by atoms with Crippen molar-refractivity contribution >= 4 is 11.3 Å². The Bertz CT molecular complexity index is 397. The van der Waals surface area contributed by atoms with Gasteiger partial charge in [0, 0.05) is 30.4 Å². The van der Waals surface area contributed by atoms with E-state index < -0.39 is 0 Å². The number of rotatable bonds is 5. The molecule has 0 aromatic carbocycles. The Morgan fingerprint density at radius 2 is 2.17 bits per heavy atom. The van der Waals surface area contributed by atoms with E-state index in [0.717, 1.165) is 45.3 Å². The lowest BCUT2D eigenvalue weighted by Crippen LogP contribution is -2.35. The number of morpholine rings is 1. The highest BCUT2D eigenvalue weighted by Crippen LogP contribution is 2.42. The lowest BCUT2D eigenvalue weighted by molar-refractivity contribution is 0.0341. The molecular formula is C13H21N3OS. The van der Waals surface area contributed by atoms with E-state index in [0.29, 0.717) is 0 Å². The number of nitrogens with one attached hydrogen (secondary N) is 1. The van der Waals surface area contributed by atoms with E-state index in [4.69, 9.17) is 9.72 Å². The molecule has 1 aliphatic heterocycles. The van der Waals surface area contributed by atoms with Gasteiger partial charge in [0.1, 0.15) is 5.01 Å². The van der Waals surface area contributed by atoms with E-state index in [9.17, 15) is 0 Å². The summed E-state index contributed by atoms with van der Waals surface area (Å²) >= 11 is 1.89. The van der Waals surface area contributed by atoms with E-state index in [1.807, 2.05) is 18.4 Å². The highest BCUT2D eigenvalue weighted by Gasteiger charge is 2.29. The number of hydrogen-bond acceptors (Lipinski definition) is 5. The van der Waals surface area contributed by atoms with E-state index in [-0.39, 0.29) is 0 Å². The Morgan fingerprint density at radius 1 is 1.39 bits per heavy atom. The van der Waals surface area contributed by atoms with Crippen LogP contribution in [0.3, 0.4) is 0 Å². The molecule has 0 unspecified atom stereocenters. The van der Waals surface area contributed by atoms with Crippen LogP contribution in [0, 0.1) is 0 Å². The molecule has 1 saturated heterocycles. The highest BCUT2D eigenvalue weighted by atomic mass is 32.1. The summed E-state index contributed by atoms with van der Waals surface area (Å²) in [6.07, 6.45) is 2.66. The molecule has 2 fully saturated rings. The Hall–Kier alpha value is -0.490. The molecule has 1 aromatic heterocycles. The molecule has 0 spiro atoms. The van der Waals surface area contributed by atoms with Gasteiger partial charge in [0.25, 0.3) is 0 Å². The monoisotopic (exact) mass is 267 g/mol. The van der Waals surface area contributed by atoms with Crippen LogP contribution in [0.1, 0.15) is 34.3 Å². The van der Waals surface area contributed by atoms with E-state index >= 15 is 0 Å². The van der Waals surface area contributed by atoms with Gasteiger partial charge in [-0.3, -0.25) is 4.90 Å². The standard InChI is InChI=1S/C13H21N3OS/c1-14-8-11-13(10-2-3-10)15-12(18-11)9-16-4-6-17-7-5-16/h10,14H,2-9H2,1H3. The SMILES string of the molecule is CNCc1sc(CN2CCOCC2)nc1C1CC1. The second-order valence-corrected chi connectivity index (χ2v) is 6.28. The third-order valence-electron chi connectivity index (χ3n) is 3.54. The van der Waals surface area contributed by atoms with Gasteiger partial charge >= 0.3 is 0 Å². The Labute approximate surface area is 112 Å². The van der Waals surface area contributed by atoms with Crippen LogP contribution in [0.5, 0.6) is 0 Å². The maximum Gasteiger partial charge on any atom is 0.107 e. The molecule has 5 heteroatoms. The molecule has 2 aliphatic rings. The molecule has 100 valence electrons. The first kappa shape index (κ1) is 12.5. The molecule has 0 bridgehead atoms. The van der Waals surface area contributed by atoms with Crippen LogP contribution in [0.4, 0.5) is 0 Å². The van der Waals surface area contributed by atoms with Crippen molar-refractivity contribution in [1.82, 2.24) is 15.2 Å². The number of nitrogens with zero attached hydrogens (tertiary/aromatic N) is 2. The molecule has 18 heavy (non-hydrogen) atoms. The summed E-state index contributed by atoms with van der Waals surface area (Å²) in [6, 6.07) is 0. The summed E-state index contributed by atoms with van der Waals surface area (Å²) in [7, 11) is 2.01. The predicted octanol–water partition coefficient (Wildman–Crippen LogP) is 1.57. The number of thiazole rings is 1. The van der Waals surface area contributed by atoms with Crippen molar-refractivity contribution in [3.05, 3.63) is 15.6 Å². The largest absolute Gasteiger partial charge is 0.379 e. The fourth-order valence-corrected chi connectivity index (χ4v) is 3.60. The molecule has 1 aromatic rings. The summed E-state index contributed by atoms with van der Waals surface area (Å²) in [6.45, 7) is 5.78. The van der Waals surface area contributed by atoms with Crippen molar-refractivity contribution in [2.24, 2.45) is 0 Å². The highest BCUT2D eigenvalue weighted by molar-refractivity contribution is 7.11. The fraction of sp³-hybridized carbons (Fsp3) is 0.769. The summed E-state index contributed by atoms with van der Waals surface area (Å²) in [4.78, 5) is 8.78. The van der Waals surface area contributed by atoms with Crippen molar-refractivity contribution in [2.75, 3.05) is 33.4 Å². The quantitative estimate of drug-likeness (QED) is 0.879. The van der Waals surface area contributed by atoms with Crippen LogP contribution in [-0.4, -0.2) is 43.2 Å². The van der Waals surface area contributed by atoms with Gasteiger partial charge in [-0.25, -0.2) is 4.98 Å². The minimum atomic E-state index is 0.753. The average Bonchev–Trinajstić information content (AvgIpc) is 3.15. The van der Waals surface area contributed by atoms with Gasteiger partial charge in [-0.1, -0.05) is 0 Å². The third kappa shape index (κ3) is 2.91. The van der Waals surface area contributed by atoms with Crippen LogP contribution in [0.2, 0.25) is 0 Å². The zero-order chi connectivity index (χ0) is 12.4. The maximum atomic E-state index is 5.38. The first-order valence-corrected chi connectivity index (χ1v) is 7.61. The van der Waals surface area contributed by atoms with E-state index in [2.05, 4.69) is 10.2 Å². The van der Waals surface area contributed by atoms with Crippen molar-refractivity contribution < 1.29 is 4.74 Å². The number of ether oxygens (including phenoxy) is 1. The van der Waals surface area contributed by atoms with Crippen molar-refractivity contribution in [3.63, 3.8) is 0 Å². The van der Waals surface area contributed by atoms with Gasteiger partial charge < -0.3 is 10.1 Å². The van der Waals surface area contributed by atoms with Crippen molar-refractivity contribution in [3.8, 4) is 0 Å². The van der Waals surface area contributed by atoms with E-state index in [1.165, 1.54) is 28.4 Å². The van der Waals surface area contributed by atoms with Gasteiger partial charge in [-0.2, -0.15) is 0 Å². The Morgan fingerprint density at radius 3 is 2.83 bits per heavy atom. The minimum absolute atomic E-state index is 0.753. The molecular weight excluding hydrogens is 246 g/mol. The minimum Gasteiger partial charge on any atom is -0.379 e. The second kappa shape index (κ2) is 5.65. The fourth-order valence-electron chi connectivity index (χ4n) is 2.40. The van der Waals surface area contributed by atoms with Gasteiger partial charge in [-0.05, 0) is 19.9 Å². The Balaban J connectivity index is 1.69. The Kier molecular flexibility index (Phi) is 3.94. The molecule has 0 amide bonds. The molecule has 1 aliphatic carbocycles. The third-order valence-corrected chi connectivity index (χ3v) is 4.59.